The summed E-state index contributed by atoms with van der Waals surface area (Å²) >= 11 is 0. The molecule has 9 heteroatoms. The zero-order valence-corrected chi connectivity index (χ0v) is 21.4. The fourth-order valence-corrected chi connectivity index (χ4v) is 7.85. The molecule has 0 bridgehead atoms. The van der Waals surface area contributed by atoms with Crippen LogP contribution in [0.1, 0.15) is 71.6 Å². The van der Waals surface area contributed by atoms with Crippen molar-refractivity contribution in [3.8, 4) is 0 Å². The normalized spacial score (nSPS) is 37.9. The van der Waals surface area contributed by atoms with Gasteiger partial charge in [0.25, 0.3) is 0 Å². The molecule has 3 saturated carbocycles. The van der Waals surface area contributed by atoms with Gasteiger partial charge in [-0.3, -0.25) is 9.59 Å². The van der Waals surface area contributed by atoms with Crippen LogP contribution in [0.5, 0.6) is 0 Å². The summed E-state index contributed by atoms with van der Waals surface area (Å²) in [5.41, 5.74) is 0. The standard InChI is InChI=1S/C24H41N3O5S/c1-15-14-26(24(29)17-6-5-7-17)22-13-19(8-10-21(22)27(15)16(2)28)18-9-11-23(32-3)20(12-18)25-33(4,30)31/h15,17-23,25H,5-14H2,1-4H3/t15-,18?,19?,20?,21?,22?,23?/m0/s1. The molecule has 2 amide bonds. The first-order chi connectivity index (χ1) is 15.6. The number of ether oxygens (including phenoxy) is 1. The van der Waals surface area contributed by atoms with Crippen LogP contribution < -0.4 is 4.72 Å². The van der Waals surface area contributed by atoms with E-state index in [9.17, 15) is 18.0 Å². The maximum atomic E-state index is 13.4. The number of hydrogen-bond donors (Lipinski definition) is 1. The fraction of sp³-hybridized carbons (Fsp3) is 0.917. The second-order valence-corrected chi connectivity index (χ2v) is 12.7. The SMILES string of the molecule is COC1CCC(C2CCC3C(C2)N(C(=O)C2CCC2)C[C@H](C)N3C(C)=O)CC1NS(C)(=O)=O. The van der Waals surface area contributed by atoms with Gasteiger partial charge in [0.1, 0.15) is 0 Å². The fourth-order valence-electron chi connectivity index (χ4n) is 7.06. The smallest absolute Gasteiger partial charge is 0.226 e. The number of nitrogens with zero attached hydrogens (tertiary/aromatic N) is 2. The van der Waals surface area contributed by atoms with Gasteiger partial charge in [0.15, 0.2) is 0 Å². The Hall–Kier alpha value is -1.19. The van der Waals surface area contributed by atoms with Crippen LogP contribution in [0.25, 0.3) is 0 Å². The first-order valence-electron chi connectivity index (χ1n) is 12.7. The highest BCUT2D eigenvalue weighted by Crippen LogP contribution is 2.44. The second-order valence-electron chi connectivity index (χ2n) is 10.9. The van der Waals surface area contributed by atoms with Crippen LogP contribution in [0.15, 0.2) is 0 Å². The molecule has 7 atom stereocenters. The lowest BCUT2D eigenvalue weighted by Gasteiger charge is -2.56. The van der Waals surface area contributed by atoms with Gasteiger partial charge in [-0.05, 0) is 70.1 Å². The van der Waals surface area contributed by atoms with E-state index < -0.39 is 10.0 Å². The minimum atomic E-state index is -3.32. The van der Waals surface area contributed by atoms with Crippen LogP contribution in [-0.4, -0.2) is 80.2 Å². The van der Waals surface area contributed by atoms with Gasteiger partial charge in [-0.2, -0.15) is 0 Å². The molecule has 0 aromatic carbocycles. The highest BCUT2D eigenvalue weighted by atomic mass is 32.2. The molecule has 0 radical (unpaired) electrons. The summed E-state index contributed by atoms with van der Waals surface area (Å²) in [4.78, 5) is 30.0. The highest BCUT2D eigenvalue weighted by Gasteiger charge is 2.49. The minimum Gasteiger partial charge on any atom is -0.380 e. The molecular formula is C24H41N3O5S. The summed E-state index contributed by atoms with van der Waals surface area (Å²) in [7, 11) is -1.67. The Morgan fingerprint density at radius 2 is 1.64 bits per heavy atom. The molecule has 6 unspecified atom stereocenters. The molecule has 0 spiro atoms. The zero-order chi connectivity index (χ0) is 23.9. The van der Waals surface area contributed by atoms with Crippen molar-refractivity contribution in [3.63, 3.8) is 0 Å². The number of rotatable bonds is 5. The van der Waals surface area contributed by atoms with Crippen molar-refractivity contribution >= 4 is 21.8 Å². The number of piperazine rings is 1. The Morgan fingerprint density at radius 1 is 0.970 bits per heavy atom. The van der Waals surface area contributed by atoms with E-state index in [0.717, 1.165) is 57.8 Å². The van der Waals surface area contributed by atoms with Crippen molar-refractivity contribution in [2.45, 2.75) is 102 Å². The zero-order valence-electron chi connectivity index (χ0n) is 20.5. The van der Waals surface area contributed by atoms with Gasteiger partial charge in [-0.25, -0.2) is 13.1 Å². The van der Waals surface area contributed by atoms with Gasteiger partial charge in [0, 0.05) is 38.6 Å². The summed E-state index contributed by atoms with van der Waals surface area (Å²) in [6.07, 6.45) is 9.62. The summed E-state index contributed by atoms with van der Waals surface area (Å²) < 4.78 is 32.3. The van der Waals surface area contributed by atoms with Crippen molar-refractivity contribution < 1.29 is 22.7 Å². The molecule has 1 saturated heterocycles. The summed E-state index contributed by atoms with van der Waals surface area (Å²) in [6.45, 7) is 4.34. The van der Waals surface area contributed by atoms with E-state index in [1.807, 2.05) is 4.90 Å². The maximum absolute atomic E-state index is 13.4. The first kappa shape index (κ1) is 24.9. The molecule has 3 aliphatic carbocycles. The van der Waals surface area contributed by atoms with E-state index in [2.05, 4.69) is 16.5 Å². The van der Waals surface area contributed by atoms with E-state index >= 15 is 0 Å². The Bertz CT molecular complexity index is 845. The van der Waals surface area contributed by atoms with Crippen molar-refractivity contribution in [2.24, 2.45) is 17.8 Å². The molecule has 4 aliphatic rings. The third-order valence-electron chi connectivity index (χ3n) is 8.78. The number of carbonyl (C=O) groups excluding carboxylic acids is 2. The average molecular weight is 484 g/mol. The largest absolute Gasteiger partial charge is 0.380 e. The molecule has 1 heterocycles. The van der Waals surface area contributed by atoms with E-state index in [-0.39, 0.29) is 48.0 Å². The molecule has 1 N–H and O–H groups in total. The van der Waals surface area contributed by atoms with Crippen molar-refractivity contribution in [2.75, 3.05) is 19.9 Å². The van der Waals surface area contributed by atoms with Crippen molar-refractivity contribution in [1.82, 2.24) is 14.5 Å². The van der Waals surface area contributed by atoms with Gasteiger partial charge >= 0.3 is 0 Å². The lowest BCUT2D eigenvalue weighted by atomic mass is 9.68. The number of amides is 2. The Kier molecular flexibility index (Phi) is 7.41. The molecule has 4 fully saturated rings. The van der Waals surface area contributed by atoms with Gasteiger partial charge in [-0.15, -0.1) is 0 Å². The first-order valence-corrected chi connectivity index (χ1v) is 14.6. The summed E-state index contributed by atoms with van der Waals surface area (Å²) in [5, 5.41) is 0. The van der Waals surface area contributed by atoms with Crippen LogP contribution in [-0.2, 0) is 24.3 Å². The predicted molar refractivity (Wildman–Crippen MR) is 126 cm³/mol. The van der Waals surface area contributed by atoms with Crippen LogP contribution in [0.3, 0.4) is 0 Å². The van der Waals surface area contributed by atoms with Crippen molar-refractivity contribution in [1.29, 1.82) is 0 Å². The van der Waals surface area contributed by atoms with Crippen LogP contribution in [0.2, 0.25) is 0 Å². The summed E-state index contributed by atoms with van der Waals surface area (Å²) in [5.74, 6) is 1.35. The van der Waals surface area contributed by atoms with Crippen LogP contribution in [0, 0.1) is 17.8 Å². The topological polar surface area (TPSA) is 96.0 Å². The van der Waals surface area contributed by atoms with E-state index in [1.165, 1.54) is 6.26 Å². The Labute approximate surface area is 198 Å². The predicted octanol–water partition coefficient (Wildman–Crippen LogP) is 2.14. The molecule has 188 valence electrons. The Balaban J connectivity index is 1.52. The number of nitrogens with one attached hydrogen (secondary N) is 1. The van der Waals surface area contributed by atoms with E-state index in [0.29, 0.717) is 18.4 Å². The van der Waals surface area contributed by atoms with Crippen LogP contribution >= 0.6 is 0 Å². The molecule has 1 aliphatic heterocycles. The maximum Gasteiger partial charge on any atom is 0.226 e. The Morgan fingerprint density at radius 3 is 2.21 bits per heavy atom. The number of carbonyl (C=O) groups is 2. The molecule has 4 rings (SSSR count). The van der Waals surface area contributed by atoms with Gasteiger partial charge in [0.2, 0.25) is 21.8 Å². The molecular weight excluding hydrogens is 442 g/mol. The molecule has 8 nitrogen and oxygen atoms in total. The number of sulfonamides is 1. The van der Waals surface area contributed by atoms with Crippen molar-refractivity contribution in [3.05, 3.63) is 0 Å². The third kappa shape index (κ3) is 5.25. The van der Waals surface area contributed by atoms with Crippen LogP contribution in [0.4, 0.5) is 0 Å². The highest BCUT2D eigenvalue weighted by molar-refractivity contribution is 7.88. The molecule has 0 aromatic rings. The lowest BCUT2D eigenvalue weighted by Crippen LogP contribution is -2.68. The minimum absolute atomic E-state index is 0.0461. The second kappa shape index (κ2) is 9.82. The molecule has 0 aromatic heterocycles. The average Bonchev–Trinajstić information content (AvgIpc) is 2.70. The summed E-state index contributed by atoms with van der Waals surface area (Å²) in [6, 6.07) is -0.00992. The third-order valence-corrected chi connectivity index (χ3v) is 9.51. The molecule has 33 heavy (non-hydrogen) atoms. The monoisotopic (exact) mass is 483 g/mol. The van der Waals surface area contributed by atoms with Gasteiger partial charge < -0.3 is 14.5 Å². The quantitative estimate of drug-likeness (QED) is 0.646. The van der Waals surface area contributed by atoms with E-state index in [1.54, 1.807) is 14.0 Å². The number of methoxy groups -OCH3 is 1. The van der Waals surface area contributed by atoms with E-state index in [4.69, 9.17) is 4.74 Å². The van der Waals surface area contributed by atoms with Gasteiger partial charge in [0.05, 0.1) is 24.4 Å². The number of hydrogen-bond acceptors (Lipinski definition) is 5. The number of fused-ring (bicyclic) bond motifs is 1. The lowest BCUT2D eigenvalue weighted by molar-refractivity contribution is -0.159. The van der Waals surface area contributed by atoms with Gasteiger partial charge in [-0.1, -0.05) is 6.42 Å².